The predicted molar refractivity (Wildman–Crippen MR) is 75.5 cm³/mol. The fourth-order valence-electron chi connectivity index (χ4n) is 1.81. The fourth-order valence-corrected chi connectivity index (χ4v) is 1.94. The Hall–Kier alpha value is -1.82. The van der Waals surface area contributed by atoms with Gasteiger partial charge in [0, 0.05) is 6.54 Å². The zero-order valence-electron chi connectivity index (χ0n) is 10.5. The van der Waals surface area contributed by atoms with E-state index in [9.17, 15) is 4.79 Å². The smallest absolute Gasteiger partial charge is 0.226 e. The van der Waals surface area contributed by atoms with Gasteiger partial charge in [0.2, 0.25) is 5.91 Å². The normalized spacial score (nSPS) is 12.8. The van der Waals surface area contributed by atoms with Crippen molar-refractivity contribution in [3.05, 3.63) is 23.8 Å². The first-order chi connectivity index (χ1) is 9.15. The maximum atomic E-state index is 11.4. The van der Waals surface area contributed by atoms with Crippen LogP contribution in [0.2, 0.25) is 0 Å². The molecule has 1 aromatic rings. The highest BCUT2D eigenvalue weighted by molar-refractivity contribution is 7.80. The second-order valence-corrected chi connectivity index (χ2v) is 4.75. The lowest BCUT2D eigenvalue weighted by molar-refractivity contribution is -0.119. The summed E-state index contributed by atoms with van der Waals surface area (Å²) < 4.78 is 10.9. The minimum absolute atomic E-state index is 0.0937. The number of carbonyl (C=O) groups excluding carboxylic acids is 1. The van der Waals surface area contributed by atoms with Crippen molar-refractivity contribution in [2.24, 2.45) is 5.73 Å². The van der Waals surface area contributed by atoms with E-state index >= 15 is 0 Å². The van der Waals surface area contributed by atoms with Gasteiger partial charge in [-0.1, -0.05) is 18.3 Å². The van der Waals surface area contributed by atoms with Gasteiger partial charge in [0.05, 0.1) is 11.4 Å². The highest BCUT2D eigenvalue weighted by atomic mass is 32.1. The molecule has 2 rings (SSSR count). The molecule has 0 radical (unpaired) electrons. The van der Waals surface area contributed by atoms with Crippen molar-refractivity contribution in [3.63, 3.8) is 0 Å². The molecular formula is C13H16N2O3S. The lowest BCUT2D eigenvalue weighted by atomic mass is 10.1. The number of amides is 1. The van der Waals surface area contributed by atoms with Crippen molar-refractivity contribution in [1.82, 2.24) is 5.32 Å². The lowest BCUT2D eigenvalue weighted by Gasteiger charge is -2.18. The minimum Gasteiger partial charge on any atom is -0.486 e. The van der Waals surface area contributed by atoms with E-state index in [1.165, 1.54) is 0 Å². The van der Waals surface area contributed by atoms with Crippen molar-refractivity contribution in [1.29, 1.82) is 0 Å². The molecule has 0 bridgehead atoms. The zero-order chi connectivity index (χ0) is 13.7. The summed E-state index contributed by atoms with van der Waals surface area (Å²) in [5.41, 5.74) is 6.38. The van der Waals surface area contributed by atoms with Gasteiger partial charge >= 0.3 is 0 Å². The topological polar surface area (TPSA) is 73.6 Å². The summed E-state index contributed by atoms with van der Waals surface area (Å²) >= 11 is 4.67. The van der Waals surface area contributed by atoms with Crippen molar-refractivity contribution in [2.45, 2.75) is 12.8 Å². The molecule has 102 valence electrons. The predicted octanol–water partition coefficient (Wildman–Crippen LogP) is 0.793. The number of carbonyl (C=O) groups is 1. The van der Waals surface area contributed by atoms with Gasteiger partial charge in [-0.05, 0) is 24.1 Å². The van der Waals surface area contributed by atoms with E-state index in [1.807, 2.05) is 18.2 Å². The number of thiocarbonyl (C=S) groups is 1. The first-order valence-corrected chi connectivity index (χ1v) is 6.49. The van der Waals surface area contributed by atoms with Crippen LogP contribution < -0.4 is 20.5 Å². The highest BCUT2D eigenvalue weighted by Crippen LogP contribution is 2.30. The minimum atomic E-state index is -0.148. The Balaban J connectivity index is 1.83. The standard InChI is InChI=1S/C13H16N2O3S/c14-12(19)8-13(16)15-4-3-9-1-2-10-11(7-9)18-6-5-17-10/h1-2,7H,3-6,8H2,(H2,14,19)(H,15,16). The van der Waals surface area contributed by atoms with E-state index in [2.05, 4.69) is 17.5 Å². The average Bonchev–Trinajstić information content (AvgIpc) is 2.37. The van der Waals surface area contributed by atoms with Gasteiger partial charge < -0.3 is 20.5 Å². The molecule has 0 saturated carbocycles. The molecule has 5 nitrogen and oxygen atoms in total. The third kappa shape index (κ3) is 4.10. The Kier molecular flexibility index (Phi) is 4.57. The number of nitrogens with one attached hydrogen (secondary N) is 1. The summed E-state index contributed by atoms with van der Waals surface area (Å²) in [5, 5.41) is 2.76. The van der Waals surface area contributed by atoms with Crippen LogP contribution in [-0.4, -0.2) is 30.7 Å². The third-order valence-corrected chi connectivity index (χ3v) is 2.82. The van der Waals surface area contributed by atoms with Crippen LogP contribution in [0.15, 0.2) is 18.2 Å². The van der Waals surface area contributed by atoms with Gasteiger partial charge in [0.25, 0.3) is 0 Å². The van der Waals surface area contributed by atoms with Gasteiger partial charge in [0.15, 0.2) is 11.5 Å². The summed E-state index contributed by atoms with van der Waals surface area (Å²) in [7, 11) is 0. The average molecular weight is 280 g/mol. The molecule has 19 heavy (non-hydrogen) atoms. The Bertz CT molecular complexity index is 491. The summed E-state index contributed by atoms with van der Waals surface area (Å²) in [6.07, 6.45) is 0.816. The second kappa shape index (κ2) is 6.38. The number of hydrogen-bond acceptors (Lipinski definition) is 4. The van der Waals surface area contributed by atoms with E-state index in [-0.39, 0.29) is 17.3 Å². The first kappa shape index (κ1) is 13.6. The van der Waals surface area contributed by atoms with Crippen LogP contribution in [0.25, 0.3) is 0 Å². The number of ether oxygens (including phenoxy) is 2. The molecule has 0 aromatic heterocycles. The Labute approximate surface area is 117 Å². The van der Waals surface area contributed by atoms with Gasteiger partial charge in [-0.2, -0.15) is 0 Å². The molecule has 0 aliphatic carbocycles. The molecule has 1 aliphatic rings. The molecule has 1 aromatic carbocycles. The summed E-state index contributed by atoms with van der Waals surface area (Å²) in [5.74, 6) is 1.38. The van der Waals surface area contributed by atoms with Gasteiger partial charge in [0.1, 0.15) is 13.2 Å². The Morgan fingerprint density at radius 2 is 2.05 bits per heavy atom. The third-order valence-electron chi connectivity index (χ3n) is 2.68. The van der Waals surface area contributed by atoms with Crippen LogP contribution in [0.3, 0.4) is 0 Å². The summed E-state index contributed by atoms with van der Waals surface area (Å²) in [4.78, 5) is 11.6. The van der Waals surface area contributed by atoms with E-state index < -0.39 is 0 Å². The van der Waals surface area contributed by atoms with Crippen LogP contribution in [0, 0.1) is 0 Å². The molecule has 0 saturated heterocycles. The molecule has 0 fully saturated rings. The zero-order valence-corrected chi connectivity index (χ0v) is 11.3. The maximum Gasteiger partial charge on any atom is 0.226 e. The molecule has 1 aliphatic heterocycles. The maximum absolute atomic E-state index is 11.4. The molecule has 0 spiro atoms. The van der Waals surface area contributed by atoms with Crippen molar-refractivity contribution in [2.75, 3.05) is 19.8 Å². The van der Waals surface area contributed by atoms with Crippen molar-refractivity contribution >= 4 is 23.1 Å². The van der Waals surface area contributed by atoms with Crippen LogP contribution in [0.1, 0.15) is 12.0 Å². The van der Waals surface area contributed by atoms with Gasteiger partial charge in [-0.25, -0.2) is 0 Å². The Morgan fingerprint density at radius 3 is 2.79 bits per heavy atom. The summed E-state index contributed by atoms with van der Waals surface area (Å²) in [6, 6.07) is 5.79. The van der Waals surface area contributed by atoms with Crippen LogP contribution in [0.5, 0.6) is 11.5 Å². The Morgan fingerprint density at radius 1 is 1.32 bits per heavy atom. The van der Waals surface area contributed by atoms with Gasteiger partial charge in [-0.15, -0.1) is 0 Å². The molecule has 0 unspecified atom stereocenters. The first-order valence-electron chi connectivity index (χ1n) is 6.08. The fraction of sp³-hybridized carbons (Fsp3) is 0.385. The van der Waals surface area contributed by atoms with Crippen LogP contribution >= 0.6 is 12.2 Å². The van der Waals surface area contributed by atoms with Gasteiger partial charge in [-0.3, -0.25) is 4.79 Å². The van der Waals surface area contributed by atoms with E-state index in [0.717, 1.165) is 23.5 Å². The number of hydrogen-bond donors (Lipinski definition) is 2. The van der Waals surface area contributed by atoms with E-state index in [0.29, 0.717) is 19.8 Å². The monoisotopic (exact) mass is 280 g/mol. The molecule has 3 N–H and O–H groups in total. The quantitative estimate of drug-likeness (QED) is 0.780. The number of rotatable bonds is 5. The number of fused-ring (bicyclic) bond motifs is 1. The SMILES string of the molecule is NC(=S)CC(=O)NCCc1ccc2c(c1)OCCO2. The van der Waals surface area contributed by atoms with E-state index in [1.54, 1.807) is 0 Å². The lowest BCUT2D eigenvalue weighted by Crippen LogP contribution is -2.29. The molecular weight excluding hydrogens is 264 g/mol. The van der Waals surface area contributed by atoms with Crippen LogP contribution in [-0.2, 0) is 11.2 Å². The van der Waals surface area contributed by atoms with Crippen molar-refractivity contribution < 1.29 is 14.3 Å². The van der Waals surface area contributed by atoms with Crippen LogP contribution in [0.4, 0.5) is 0 Å². The molecule has 1 heterocycles. The molecule has 1 amide bonds. The van der Waals surface area contributed by atoms with E-state index in [4.69, 9.17) is 15.2 Å². The van der Waals surface area contributed by atoms with Crippen molar-refractivity contribution in [3.8, 4) is 11.5 Å². The highest BCUT2D eigenvalue weighted by Gasteiger charge is 2.11. The summed E-state index contributed by atoms with van der Waals surface area (Å²) in [6.45, 7) is 1.70. The number of nitrogens with two attached hydrogens (primary N) is 1. The number of benzene rings is 1. The molecule has 6 heteroatoms. The second-order valence-electron chi connectivity index (χ2n) is 4.22. The molecule has 0 atom stereocenters. The largest absolute Gasteiger partial charge is 0.486 e.